The third-order valence-electron chi connectivity index (χ3n) is 4.56. The number of carbonyl (C=O) groups excluding carboxylic acids is 2. The molecule has 1 aromatic carbocycles. The van der Waals surface area contributed by atoms with E-state index in [4.69, 9.17) is 9.84 Å². The Morgan fingerprint density at radius 2 is 1.96 bits per heavy atom. The lowest BCUT2D eigenvalue weighted by atomic mass is 9.93. The second-order valence-electron chi connectivity index (χ2n) is 6.34. The van der Waals surface area contributed by atoms with Crippen LogP contribution in [0.25, 0.3) is 0 Å². The van der Waals surface area contributed by atoms with Crippen molar-refractivity contribution in [2.75, 3.05) is 18.1 Å². The molecule has 0 saturated heterocycles. The zero-order valence-electron chi connectivity index (χ0n) is 13.3. The van der Waals surface area contributed by atoms with E-state index in [9.17, 15) is 14.4 Å². The van der Waals surface area contributed by atoms with Gasteiger partial charge in [0.05, 0.1) is 17.6 Å². The Bertz CT molecular complexity index is 667. The van der Waals surface area contributed by atoms with Gasteiger partial charge in [0.25, 0.3) is 5.91 Å². The lowest BCUT2D eigenvalue weighted by molar-refractivity contribution is -0.139. The number of carboxylic acids is 1. The molecule has 128 valence electrons. The monoisotopic (exact) mass is 332 g/mol. The van der Waals surface area contributed by atoms with Gasteiger partial charge >= 0.3 is 5.97 Å². The number of rotatable bonds is 5. The zero-order valence-corrected chi connectivity index (χ0v) is 13.3. The van der Waals surface area contributed by atoms with E-state index < -0.39 is 11.5 Å². The number of para-hydroxylation sites is 2. The van der Waals surface area contributed by atoms with Gasteiger partial charge in [-0.05, 0) is 25.0 Å². The van der Waals surface area contributed by atoms with E-state index in [2.05, 4.69) is 5.32 Å². The lowest BCUT2D eigenvalue weighted by Crippen LogP contribution is -2.52. The first-order chi connectivity index (χ1) is 11.5. The highest BCUT2D eigenvalue weighted by Gasteiger charge is 2.38. The van der Waals surface area contributed by atoms with Crippen LogP contribution in [0.1, 0.15) is 32.1 Å². The minimum atomic E-state index is -0.926. The van der Waals surface area contributed by atoms with E-state index in [0.29, 0.717) is 24.3 Å². The molecule has 1 aromatic rings. The van der Waals surface area contributed by atoms with E-state index in [-0.39, 0.29) is 31.4 Å². The van der Waals surface area contributed by atoms with Crippen LogP contribution in [0.4, 0.5) is 5.69 Å². The predicted octanol–water partition coefficient (Wildman–Crippen LogP) is 1.32. The van der Waals surface area contributed by atoms with Crippen molar-refractivity contribution >= 4 is 23.5 Å². The third kappa shape index (κ3) is 3.34. The lowest BCUT2D eigenvalue weighted by Gasteiger charge is -2.32. The largest absolute Gasteiger partial charge is 0.482 e. The molecule has 0 bridgehead atoms. The van der Waals surface area contributed by atoms with E-state index in [0.717, 1.165) is 12.8 Å². The Balaban J connectivity index is 1.72. The number of aliphatic carboxylic acids is 1. The van der Waals surface area contributed by atoms with Gasteiger partial charge in [-0.15, -0.1) is 0 Å². The van der Waals surface area contributed by atoms with Gasteiger partial charge in [-0.3, -0.25) is 19.3 Å². The summed E-state index contributed by atoms with van der Waals surface area (Å²) in [6, 6.07) is 7.04. The number of fused-ring (bicyclic) bond motifs is 1. The smallest absolute Gasteiger partial charge is 0.305 e. The molecule has 1 saturated carbocycles. The molecule has 2 aliphatic rings. The van der Waals surface area contributed by atoms with Gasteiger partial charge in [-0.1, -0.05) is 25.0 Å². The van der Waals surface area contributed by atoms with Crippen molar-refractivity contribution in [3.63, 3.8) is 0 Å². The molecule has 1 fully saturated rings. The number of carbonyl (C=O) groups is 3. The number of nitrogens with one attached hydrogen (secondary N) is 1. The Hall–Kier alpha value is -2.57. The van der Waals surface area contributed by atoms with Crippen molar-refractivity contribution in [1.82, 2.24) is 5.32 Å². The normalized spacial score (nSPS) is 18.7. The maximum atomic E-state index is 12.5. The fourth-order valence-electron chi connectivity index (χ4n) is 3.49. The summed E-state index contributed by atoms with van der Waals surface area (Å²) >= 11 is 0. The summed E-state index contributed by atoms with van der Waals surface area (Å²) in [5.41, 5.74) is -0.139. The number of benzene rings is 1. The van der Waals surface area contributed by atoms with Crippen LogP contribution < -0.4 is 15.0 Å². The van der Waals surface area contributed by atoms with Crippen molar-refractivity contribution in [1.29, 1.82) is 0 Å². The number of nitrogens with zero attached hydrogens (tertiary/aromatic N) is 1. The number of ether oxygens (including phenoxy) is 1. The summed E-state index contributed by atoms with van der Waals surface area (Å²) in [6.45, 7) is -0.245. The molecular weight excluding hydrogens is 312 g/mol. The summed E-state index contributed by atoms with van der Waals surface area (Å²) in [5, 5.41) is 12.0. The van der Waals surface area contributed by atoms with Gasteiger partial charge in [-0.2, -0.15) is 0 Å². The van der Waals surface area contributed by atoms with Gasteiger partial charge < -0.3 is 15.2 Å². The van der Waals surface area contributed by atoms with E-state index in [1.807, 2.05) is 0 Å². The standard InChI is InChI=1S/C17H20N2O5/c20-14(18-17(9-16(22)23)7-3-4-8-17)10-19-12-5-1-2-6-13(12)24-11-15(19)21/h1-2,5-6H,3-4,7-11H2,(H,18,20)(H,22,23). The van der Waals surface area contributed by atoms with Crippen LogP contribution in [0.3, 0.4) is 0 Å². The average molecular weight is 332 g/mol. The summed E-state index contributed by atoms with van der Waals surface area (Å²) < 4.78 is 5.35. The maximum absolute atomic E-state index is 12.5. The van der Waals surface area contributed by atoms with Gasteiger partial charge in [0.15, 0.2) is 6.61 Å². The van der Waals surface area contributed by atoms with E-state index in [1.54, 1.807) is 24.3 Å². The van der Waals surface area contributed by atoms with Crippen molar-refractivity contribution < 1.29 is 24.2 Å². The molecule has 0 atom stereocenters. The average Bonchev–Trinajstić information content (AvgIpc) is 2.97. The highest BCUT2D eigenvalue weighted by atomic mass is 16.5. The van der Waals surface area contributed by atoms with Crippen LogP contribution in [0.15, 0.2) is 24.3 Å². The maximum Gasteiger partial charge on any atom is 0.305 e. The van der Waals surface area contributed by atoms with Crippen molar-refractivity contribution in [3.8, 4) is 5.75 Å². The Morgan fingerprint density at radius 1 is 1.25 bits per heavy atom. The molecule has 7 heteroatoms. The molecule has 1 aliphatic carbocycles. The number of carboxylic acid groups (broad SMARTS) is 1. The van der Waals surface area contributed by atoms with Crippen LogP contribution in [-0.4, -0.2) is 41.6 Å². The first-order valence-electron chi connectivity index (χ1n) is 8.04. The summed E-state index contributed by atoms with van der Waals surface area (Å²) in [4.78, 5) is 37.1. The first kappa shape index (κ1) is 16.3. The molecule has 0 radical (unpaired) electrons. The quantitative estimate of drug-likeness (QED) is 0.848. The van der Waals surface area contributed by atoms with Crippen LogP contribution in [0, 0.1) is 0 Å². The highest BCUT2D eigenvalue weighted by molar-refractivity contribution is 6.02. The highest BCUT2D eigenvalue weighted by Crippen LogP contribution is 2.34. The summed E-state index contributed by atoms with van der Waals surface area (Å²) in [6.07, 6.45) is 3.00. The van der Waals surface area contributed by atoms with Crippen LogP contribution in [0.2, 0.25) is 0 Å². The van der Waals surface area contributed by atoms with E-state index >= 15 is 0 Å². The van der Waals surface area contributed by atoms with Crippen molar-refractivity contribution in [2.24, 2.45) is 0 Å². The number of anilines is 1. The molecule has 0 unspecified atom stereocenters. The molecular formula is C17H20N2O5. The molecule has 1 aliphatic heterocycles. The van der Waals surface area contributed by atoms with Gasteiger partial charge in [0.1, 0.15) is 12.3 Å². The fraction of sp³-hybridized carbons (Fsp3) is 0.471. The van der Waals surface area contributed by atoms with Gasteiger partial charge in [0.2, 0.25) is 5.91 Å². The SMILES string of the molecule is O=C(O)CC1(NC(=O)CN2C(=O)COc3ccccc32)CCCC1. The Morgan fingerprint density at radius 3 is 2.67 bits per heavy atom. The fourth-order valence-corrected chi connectivity index (χ4v) is 3.49. The number of amides is 2. The minimum absolute atomic E-state index is 0.0909. The molecule has 24 heavy (non-hydrogen) atoms. The predicted molar refractivity (Wildman–Crippen MR) is 85.9 cm³/mol. The molecule has 1 heterocycles. The molecule has 7 nitrogen and oxygen atoms in total. The topological polar surface area (TPSA) is 95.9 Å². The molecule has 2 N–H and O–H groups in total. The number of hydrogen-bond donors (Lipinski definition) is 2. The zero-order chi connectivity index (χ0) is 17.2. The van der Waals surface area contributed by atoms with Crippen molar-refractivity contribution in [3.05, 3.63) is 24.3 Å². The van der Waals surface area contributed by atoms with Crippen LogP contribution in [-0.2, 0) is 14.4 Å². The Labute approximate surface area is 139 Å². The summed E-state index contributed by atoms with van der Waals surface area (Å²) in [5.74, 6) is -0.998. The van der Waals surface area contributed by atoms with Crippen molar-refractivity contribution in [2.45, 2.75) is 37.6 Å². The third-order valence-corrected chi connectivity index (χ3v) is 4.56. The van der Waals surface area contributed by atoms with E-state index in [1.165, 1.54) is 4.90 Å². The molecule has 3 rings (SSSR count). The second kappa shape index (κ2) is 6.51. The Kier molecular flexibility index (Phi) is 4.42. The molecule has 0 aromatic heterocycles. The molecule has 2 amide bonds. The van der Waals surface area contributed by atoms with Crippen LogP contribution in [0.5, 0.6) is 5.75 Å². The minimum Gasteiger partial charge on any atom is -0.482 e. The first-order valence-corrected chi connectivity index (χ1v) is 8.04. The van der Waals surface area contributed by atoms with Gasteiger partial charge in [0, 0.05) is 0 Å². The van der Waals surface area contributed by atoms with Gasteiger partial charge in [-0.25, -0.2) is 0 Å². The second-order valence-corrected chi connectivity index (χ2v) is 6.34. The summed E-state index contributed by atoms with van der Waals surface area (Å²) in [7, 11) is 0. The van der Waals surface area contributed by atoms with Crippen LogP contribution >= 0.6 is 0 Å². The molecule has 0 spiro atoms. The number of hydrogen-bond acceptors (Lipinski definition) is 4.